The maximum absolute atomic E-state index is 5.73. The van der Waals surface area contributed by atoms with Crippen LogP contribution in [0.4, 0.5) is 0 Å². The van der Waals surface area contributed by atoms with Crippen molar-refractivity contribution in [1.82, 2.24) is 24.9 Å². The number of para-hydroxylation sites is 1. The van der Waals surface area contributed by atoms with Crippen LogP contribution in [-0.4, -0.2) is 52.1 Å². The molecule has 2 heterocycles. The lowest BCUT2D eigenvalue weighted by Gasteiger charge is -2.48. The minimum atomic E-state index is 0.0361. The SMILES string of the molecule is Cc1noc(C(Cc2c[nH]c3ccccc23)N(C)C2CCC(c3ccccc3)(N(C)C)CC2)n1. The van der Waals surface area contributed by atoms with E-state index >= 15 is 0 Å². The van der Waals surface area contributed by atoms with Crippen molar-refractivity contribution in [1.29, 1.82) is 0 Å². The van der Waals surface area contributed by atoms with E-state index in [-0.39, 0.29) is 11.6 Å². The number of aromatic amines is 1. The molecule has 1 unspecified atom stereocenters. The summed E-state index contributed by atoms with van der Waals surface area (Å²) >= 11 is 0. The fourth-order valence-corrected chi connectivity index (χ4v) is 5.85. The van der Waals surface area contributed by atoms with Crippen LogP contribution in [0.1, 0.15) is 54.6 Å². The standard InChI is InChI=1S/C28H35N5O/c1-20-30-27(34-31-20)26(18-21-19-29-25-13-9-8-12-24(21)25)33(4)23-14-16-28(17-15-23,32(2)3)22-10-6-5-7-11-22/h5-13,19,23,26,29H,14-18H2,1-4H3. The van der Waals surface area contributed by atoms with E-state index in [0.29, 0.717) is 17.8 Å². The average Bonchev–Trinajstić information content (AvgIpc) is 3.48. The number of hydrogen-bond donors (Lipinski definition) is 1. The fourth-order valence-electron chi connectivity index (χ4n) is 5.85. The van der Waals surface area contributed by atoms with Crippen LogP contribution in [0.15, 0.2) is 65.3 Å². The molecule has 1 saturated carbocycles. The first-order valence-electron chi connectivity index (χ1n) is 12.3. The number of H-pyrrole nitrogens is 1. The quantitative estimate of drug-likeness (QED) is 0.398. The number of fused-ring (bicyclic) bond motifs is 1. The van der Waals surface area contributed by atoms with Crippen LogP contribution in [0.2, 0.25) is 0 Å². The molecule has 1 aliphatic carbocycles. The highest BCUT2D eigenvalue weighted by Gasteiger charge is 2.41. The minimum absolute atomic E-state index is 0.0361. The number of likely N-dealkylation sites (N-methyl/N-ethyl adjacent to an activating group) is 1. The molecule has 178 valence electrons. The van der Waals surface area contributed by atoms with E-state index in [9.17, 15) is 0 Å². The summed E-state index contributed by atoms with van der Waals surface area (Å²) in [5.74, 6) is 1.39. The Morgan fingerprint density at radius 2 is 1.74 bits per heavy atom. The molecular formula is C28H35N5O. The van der Waals surface area contributed by atoms with Gasteiger partial charge in [-0.15, -0.1) is 0 Å². The van der Waals surface area contributed by atoms with Crippen molar-refractivity contribution in [2.24, 2.45) is 0 Å². The van der Waals surface area contributed by atoms with Gasteiger partial charge in [0.1, 0.15) is 0 Å². The number of nitrogens with zero attached hydrogens (tertiary/aromatic N) is 4. The van der Waals surface area contributed by atoms with E-state index in [0.717, 1.165) is 37.6 Å². The minimum Gasteiger partial charge on any atom is -0.361 e. The predicted molar refractivity (Wildman–Crippen MR) is 136 cm³/mol. The van der Waals surface area contributed by atoms with Gasteiger partial charge in [-0.2, -0.15) is 4.98 Å². The number of rotatable bonds is 7. The molecule has 1 atom stereocenters. The summed E-state index contributed by atoms with van der Waals surface area (Å²) in [5, 5.41) is 5.38. The van der Waals surface area contributed by atoms with Crippen molar-refractivity contribution >= 4 is 10.9 Å². The van der Waals surface area contributed by atoms with Crippen LogP contribution < -0.4 is 0 Å². The Kier molecular flexibility index (Phi) is 6.28. The molecule has 6 nitrogen and oxygen atoms in total. The third-order valence-corrected chi connectivity index (χ3v) is 7.93. The van der Waals surface area contributed by atoms with Crippen molar-refractivity contribution in [3.63, 3.8) is 0 Å². The molecule has 5 rings (SSSR count). The molecule has 34 heavy (non-hydrogen) atoms. The third-order valence-electron chi connectivity index (χ3n) is 7.93. The molecule has 0 saturated heterocycles. The number of aryl methyl sites for hydroxylation is 1. The van der Waals surface area contributed by atoms with E-state index < -0.39 is 0 Å². The zero-order chi connectivity index (χ0) is 23.7. The maximum Gasteiger partial charge on any atom is 0.244 e. The average molecular weight is 458 g/mol. The highest BCUT2D eigenvalue weighted by Crippen LogP contribution is 2.43. The van der Waals surface area contributed by atoms with Gasteiger partial charge >= 0.3 is 0 Å². The lowest BCUT2D eigenvalue weighted by Crippen LogP contribution is -2.48. The van der Waals surface area contributed by atoms with Gasteiger partial charge in [-0.3, -0.25) is 9.80 Å². The number of hydrogen-bond acceptors (Lipinski definition) is 5. The van der Waals surface area contributed by atoms with E-state index in [1.807, 2.05) is 6.92 Å². The Labute approximate surface area is 202 Å². The molecule has 0 radical (unpaired) electrons. The monoisotopic (exact) mass is 457 g/mol. The first-order valence-corrected chi connectivity index (χ1v) is 12.3. The summed E-state index contributed by atoms with van der Waals surface area (Å²) in [6.07, 6.45) is 7.46. The van der Waals surface area contributed by atoms with Gasteiger partial charge < -0.3 is 9.51 Å². The summed E-state index contributed by atoms with van der Waals surface area (Å²) in [7, 11) is 6.67. The molecule has 0 aliphatic heterocycles. The molecule has 4 aromatic rings. The van der Waals surface area contributed by atoms with Crippen LogP contribution in [0.25, 0.3) is 10.9 Å². The normalized spacial score (nSPS) is 22.0. The second-order valence-electron chi connectivity index (χ2n) is 9.95. The lowest BCUT2D eigenvalue weighted by molar-refractivity contribution is 0.0374. The molecule has 1 N–H and O–H groups in total. The maximum atomic E-state index is 5.73. The Morgan fingerprint density at radius 3 is 2.41 bits per heavy atom. The Balaban J connectivity index is 1.39. The van der Waals surface area contributed by atoms with E-state index in [4.69, 9.17) is 4.52 Å². The highest BCUT2D eigenvalue weighted by atomic mass is 16.5. The number of nitrogens with one attached hydrogen (secondary N) is 1. The summed E-state index contributed by atoms with van der Waals surface area (Å²) < 4.78 is 5.73. The molecular weight excluding hydrogens is 422 g/mol. The summed E-state index contributed by atoms with van der Waals surface area (Å²) in [6.45, 7) is 1.89. The molecule has 2 aromatic heterocycles. The third kappa shape index (κ3) is 4.17. The van der Waals surface area contributed by atoms with E-state index in [1.165, 1.54) is 16.5 Å². The van der Waals surface area contributed by atoms with Crippen LogP contribution in [0, 0.1) is 6.92 Å². The van der Waals surface area contributed by atoms with Gasteiger partial charge in [0.05, 0.1) is 6.04 Å². The fraction of sp³-hybridized carbons (Fsp3) is 0.429. The summed E-state index contributed by atoms with van der Waals surface area (Å²) in [5.41, 5.74) is 3.96. The largest absolute Gasteiger partial charge is 0.361 e. The molecule has 1 aliphatic rings. The van der Waals surface area contributed by atoms with Crippen molar-refractivity contribution in [3.05, 3.63) is 83.6 Å². The summed E-state index contributed by atoms with van der Waals surface area (Å²) in [6, 6.07) is 20.0. The molecule has 2 aromatic carbocycles. The van der Waals surface area contributed by atoms with Gasteiger partial charge in [0.15, 0.2) is 5.82 Å². The molecule has 1 fully saturated rings. The van der Waals surface area contributed by atoms with Crippen molar-refractivity contribution in [3.8, 4) is 0 Å². The van der Waals surface area contributed by atoms with E-state index in [2.05, 4.69) is 107 Å². The first-order chi connectivity index (χ1) is 16.5. The van der Waals surface area contributed by atoms with Crippen LogP contribution in [-0.2, 0) is 12.0 Å². The van der Waals surface area contributed by atoms with Crippen molar-refractivity contribution in [2.75, 3.05) is 21.1 Å². The van der Waals surface area contributed by atoms with Gasteiger partial charge in [-0.05, 0) is 77.4 Å². The van der Waals surface area contributed by atoms with E-state index in [1.54, 1.807) is 0 Å². The Morgan fingerprint density at radius 1 is 1.03 bits per heavy atom. The van der Waals surface area contributed by atoms with Gasteiger partial charge in [0.25, 0.3) is 0 Å². The number of aromatic nitrogens is 3. The van der Waals surface area contributed by atoms with Crippen LogP contribution >= 0.6 is 0 Å². The van der Waals surface area contributed by atoms with Gasteiger partial charge in [-0.1, -0.05) is 53.7 Å². The molecule has 0 spiro atoms. The van der Waals surface area contributed by atoms with Gasteiger partial charge in [0, 0.05) is 28.7 Å². The van der Waals surface area contributed by atoms with Crippen LogP contribution in [0.5, 0.6) is 0 Å². The Hall–Kier alpha value is -2.96. The molecule has 6 heteroatoms. The van der Waals surface area contributed by atoms with Crippen molar-refractivity contribution < 1.29 is 4.52 Å². The highest BCUT2D eigenvalue weighted by molar-refractivity contribution is 5.83. The second-order valence-corrected chi connectivity index (χ2v) is 9.95. The zero-order valence-electron chi connectivity index (χ0n) is 20.7. The van der Waals surface area contributed by atoms with Crippen molar-refractivity contribution in [2.45, 2.75) is 56.7 Å². The first kappa shape index (κ1) is 22.8. The van der Waals surface area contributed by atoms with Gasteiger partial charge in [0.2, 0.25) is 5.89 Å². The second kappa shape index (κ2) is 9.35. The smallest absolute Gasteiger partial charge is 0.244 e. The summed E-state index contributed by atoms with van der Waals surface area (Å²) in [4.78, 5) is 13.0. The lowest BCUT2D eigenvalue weighted by atomic mass is 9.73. The predicted octanol–water partition coefficient (Wildman–Crippen LogP) is 5.47. The van der Waals surface area contributed by atoms with Crippen LogP contribution in [0.3, 0.4) is 0 Å². The molecule has 0 bridgehead atoms. The van der Waals surface area contributed by atoms with Gasteiger partial charge in [-0.25, -0.2) is 0 Å². The number of benzene rings is 2. The molecule has 0 amide bonds. The Bertz CT molecular complexity index is 1220. The topological polar surface area (TPSA) is 61.2 Å². The zero-order valence-corrected chi connectivity index (χ0v) is 20.7.